The van der Waals surface area contributed by atoms with Crippen molar-refractivity contribution in [3.8, 4) is 22.9 Å². The van der Waals surface area contributed by atoms with E-state index in [9.17, 15) is 13.2 Å². The Balaban J connectivity index is 1.64. The van der Waals surface area contributed by atoms with E-state index in [1.54, 1.807) is 29.3 Å². The Morgan fingerprint density at radius 1 is 1.02 bits per heavy atom. The summed E-state index contributed by atoms with van der Waals surface area (Å²) in [6.07, 6.45) is 2.23. The minimum Gasteiger partial charge on any atom is -0.489 e. The molecule has 1 aliphatic heterocycles. The summed E-state index contributed by atoms with van der Waals surface area (Å²) in [5, 5.41) is 0. The lowest BCUT2D eigenvalue weighted by Gasteiger charge is -2.35. The number of nitrogens with zero attached hydrogens (tertiary/aromatic N) is 4. The highest BCUT2D eigenvalue weighted by Gasteiger charge is 2.32. The van der Waals surface area contributed by atoms with Gasteiger partial charge in [-0.3, -0.25) is 9.78 Å². The van der Waals surface area contributed by atoms with Crippen molar-refractivity contribution in [1.82, 2.24) is 19.9 Å². The monoisotopic (exact) mass is 643 g/mol. The Morgan fingerprint density at radius 3 is 2.39 bits per heavy atom. The minimum absolute atomic E-state index is 0.00252. The van der Waals surface area contributed by atoms with Gasteiger partial charge < -0.3 is 14.4 Å². The number of fused-ring (bicyclic) bond motifs is 4. The third kappa shape index (κ3) is 7.82. The zero-order valence-corrected chi connectivity index (χ0v) is 28.2. The van der Waals surface area contributed by atoms with Crippen molar-refractivity contribution in [3.05, 3.63) is 89.2 Å². The summed E-state index contributed by atoms with van der Waals surface area (Å²) < 4.78 is 41.8. The van der Waals surface area contributed by atoms with Gasteiger partial charge in [-0.25, -0.2) is 18.1 Å². The molecule has 0 saturated heterocycles. The van der Waals surface area contributed by atoms with Gasteiger partial charge in [-0.1, -0.05) is 45.0 Å². The molecular weight excluding hydrogens is 602 g/mol. The van der Waals surface area contributed by atoms with E-state index in [0.29, 0.717) is 23.6 Å². The first-order valence-electron chi connectivity index (χ1n) is 15.3. The fourth-order valence-corrected chi connectivity index (χ4v) is 6.56. The van der Waals surface area contributed by atoms with Gasteiger partial charge in [-0.15, -0.1) is 0 Å². The summed E-state index contributed by atoms with van der Waals surface area (Å²) in [6, 6.07) is 16.9. The van der Waals surface area contributed by atoms with E-state index in [1.807, 2.05) is 58.0 Å². The van der Waals surface area contributed by atoms with E-state index < -0.39 is 16.1 Å². The fourth-order valence-electron chi connectivity index (χ4n) is 5.57. The van der Waals surface area contributed by atoms with Crippen LogP contribution in [-0.2, 0) is 16.6 Å². The number of nitrogens with one attached hydrogen (secondary N) is 1. The molecule has 4 aromatic rings. The summed E-state index contributed by atoms with van der Waals surface area (Å²) in [6.45, 7) is 14.4. The molecule has 5 rings (SSSR count). The van der Waals surface area contributed by atoms with Crippen LogP contribution in [0.4, 0.5) is 5.95 Å². The highest BCUT2D eigenvalue weighted by molar-refractivity contribution is 7.92. The van der Waals surface area contributed by atoms with Crippen LogP contribution in [0.25, 0.3) is 11.3 Å². The normalized spacial score (nSPS) is 16.5. The number of benzene rings is 2. The van der Waals surface area contributed by atoms with Crippen LogP contribution in [0.2, 0.25) is 0 Å². The second-order valence-electron chi connectivity index (χ2n) is 13.1. The molecule has 2 aromatic carbocycles. The number of amides is 1. The van der Waals surface area contributed by atoms with Gasteiger partial charge in [-0.05, 0) is 81.0 Å². The van der Waals surface area contributed by atoms with Crippen LogP contribution in [0, 0.1) is 19.3 Å². The summed E-state index contributed by atoms with van der Waals surface area (Å²) in [4.78, 5) is 29.6. The summed E-state index contributed by atoms with van der Waals surface area (Å²) in [5.41, 5.74) is 4.03. The van der Waals surface area contributed by atoms with Gasteiger partial charge in [0.05, 0.1) is 41.2 Å². The first kappa shape index (κ1) is 32.9. The second-order valence-corrected chi connectivity index (χ2v) is 14.8. The van der Waals surface area contributed by atoms with Crippen molar-refractivity contribution >= 4 is 21.9 Å². The molecule has 0 fully saturated rings. The fraction of sp³-hybridized carbons (Fsp3) is 0.371. The molecule has 1 amide bonds. The van der Waals surface area contributed by atoms with Crippen molar-refractivity contribution in [3.63, 3.8) is 0 Å². The predicted molar refractivity (Wildman–Crippen MR) is 177 cm³/mol. The molecule has 0 radical (unpaired) electrons. The number of aromatic nitrogens is 3. The average Bonchev–Trinajstić information content (AvgIpc) is 2.97. The quantitative estimate of drug-likeness (QED) is 0.250. The van der Waals surface area contributed by atoms with Gasteiger partial charge in [0.25, 0.3) is 15.9 Å². The summed E-state index contributed by atoms with van der Waals surface area (Å²) >= 11 is 0. The van der Waals surface area contributed by atoms with Gasteiger partial charge in [0, 0.05) is 17.2 Å². The Kier molecular flexibility index (Phi) is 9.34. The number of hydrogen-bond acceptors (Lipinski definition) is 8. The molecule has 0 spiro atoms. The molecule has 0 saturated carbocycles. The number of hydrogen-bond donors (Lipinski definition) is 1. The minimum atomic E-state index is -4.16. The number of ether oxygens (including phenoxy) is 2. The molecule has 10 nitrogen and oxygen atoms in total. The molecule has 2 aromatic heterocycles. The van der Waals surface area contributed by atoms with Crippen molar-refractivity contribution in [2.24, 2.45) is 5.41 Å². The number of carbonyl (C=O) groups is 1. The Morgan fingerprint density at radius 2 is 1.74 bits per heavy atom. The Labute approximate surface area is 271 Å². The first-order chi connectivity index (χ1) is 21.7. The van der Waals surface area contributed by atoms with Crippen molar-refractivity contribution in [1.29, 1.82) is 0 Å². The van der Waals surface area contributed by atoms with Gasteiger partial charge >= 0.3 is 0 Å². The highest BCUT2D eigenvalue weighted by atomic mass is 32.2. The molecule has 242 valence electrons. The van der Waals surface area contributed by atoms with Crippen molar-refractivity contribution in [2.45, 2.75) is 78.5 Å². The number of pyridine rings is 1. The lowest BCUT2D eigenvalue weighted by atomic mass is 9.87. The topological polar surface area (TPSA) is 124 Å². The molecule has 1 N–H and O–H groups in total. The predicted octanol–water partition coefficient (Wildman–Crippen LogP) is 6.58. The molecule has 0 unspecified atom stereocenters. The Bertz CT molecular complexity index is 1820. The molecule has 4 bridgehead atoms. The number of carbonyl (C=O) groups excluding carboxylic acids is 1. The van der Waals surface area contributed by atoms with Crippen molar-refractivity contribution < 1.29 is 22.7 Å². The third-order valence-electron chi connectivity index (χ3n) is 7.53. The zero-order valence-electron chi connectivity index (χ0n) is 27.4. The first-order valence-corrected chi connectivity index (χ1v) is 16.8. The largest absolute Gasteiger partial charge is 0.489 e. The second kappa shape index (κ2) is 13.1. The molecule has 1 aliphatic rings. The van der Waals surface area contributed by atoms with Crippen LogP contribution in [-0.4, -0.2) is 52.9 Å². The third-order valence-corrected chi connectivity index (χ3v) is 8.86. The van der Waals surface area contributed by atoms with E-state index in [0.717, 1.165) is 16.7 Å². The lowest BCUT2D eigenvalue weighted by Crippen LogP contribution is -2.45. The maximum atomic E-state index is 14.3. The SMILES string of the molecule is Cc1cccc(C)c1-c1cc2nc(n1)NS(=O)(=O)c1cccc(c1)C(=O)N(Cc1ccc(OC(C)C)cn1)[C@H](CC(C)(C)C)CO2. The van der Waals surface area contributed by atoms with Crippen LogP contribution in [0.5, 0.6) is 11.6 Å². The number of rotatable bonds is 6. The molecule has 46 heavy (non-hydrogen) atoms. The van der Waals surface area contributed by atoms with E-state index in [2.05, 4.69) is 40.4 Å². The summed E-state index contributed by atoms with van der Waals surface area (Å²) in [7, 11) is -4.16. The number of sulfonamides is 1. The molecule has 1 atom stereocenters. The molecular formula is C35H41N5O5S. The van der Waals surface area contributed by atoms with E-state index in [4.69, 9.17) is 9.47 Å². The van der Waals surface area contributed by atoms with Crippen molar-refractivity contribution in [2.75, 3.05) is 11.3 Å². The smallest absolute Gasteiger partial charge is 0.264 e. The van der Waals surface area contributed by atoms with Crippen LogP contribution in [0.3, 0.4) is 0 Å². The zero-order chi connectivity index (χ0) is 33.2. The highest BCUT2D eigenvalue weighted by Crippen LogP contribution is 2.32. The van der Waals surface area contributed by atoms with Crippen LogP contribution >= 0.6 is 0 Å². The maximum absolute atomic E-state index is 14.3. The van der Waals surface area contributed by atoms with E-state index >= 15 is 0 Å². The molecule has 3 heterocycles. The Hall–Kier alpha value is -4.51. The van der Waals surface area contributed by atoms with Crippen LogP contribution in [0.1, 0.15) is 68.2 Å². The maximum Gasteiger partial charge on any atom is 0.264 e. The van der Waals surface area contributed by atoms with Gasteiger partial charge in [0.2, 0.25) is 11.8 Å². The number of aryl methyl sites for hydroxylation is 2. The lowest BCUT2D eigenvalue weighted by molar-refractivity contribution is 0.0509. The standard InChI is InChI=1S/C35H41N5O5S/c1-22(2)45-28-15-14-26(36-19-28)20-40-27(18-35(5,6)7)21-44-31-17-30(32-23(3)10-8-11-24(32)4)37-34(38-31)39-46(42,43)29-13-9-12-25(16-29)33(40)41/h8-17,19,22,27H,18,20-21H2,1-7H3,(H,37,38,39)/t27-/m1/s1. The van der Waals surface area contributed by atoms with Crippen LogP contribution < -0.4 is 14.2 Å². The van der Waals surface area contributed by atoms with Gasteiger partial charge in [-0.2, -0.15) is 4.98 Å². The van der Waals surface area contributed by atoms with E-state index in [1.165, 1.54) is 12.1 Å². The average molecular weight is 644 g/mol. The summed E-state index contributed by atoms with van der Waals surface area (Å²) in [5.74, 6) is 0.362. The van der Waals surface area contributed by atoms with Gasteiger partial charge in [0.1, 0.15) is 12.4 Å². The van der Waals surface area contributed by atoms with Gasteiger partial charge in [0.15, 0.2) is 0 Å². The van der Waals surface area contributed by atoms with Crippen LogP contribution in [0.15, 0.2) is 71.8 Å². The molecule has 0 aliphatic carbocycles. The number of anilines is 1. The van der Waals surface area contributed by atoms with E-state index in [-0.39, 0.29) is 52.9 Å². The molecule has 11 heteroatoms.